The van der Waals surface area contributed by atoms with Gasteiger partial charge in [0.15, 0.2) is 17.3 Å². The summed E-state index contributed by atoms with van der Waals surface area (Å²) in [7, 11) is 0. The Morgan fingerprint density at radius 1 is 0.897 bits per heavy atom. The molecule has 0 aromatic heterocycles. The van der Waals surface area contributed by atoms with E-state index in [1.54, 1.807) is 18.2 Å². The van der Waals surface area contributed by atoms with Crippen molar-refractivity contribution < 1.29 is 28.8 Å². The molecule has 4 aliphatic heterocycles. The number of Topliss-reactive ketones (excluding diaryl/α,β-unsaturated/α-hetero) is 1. The molecule has 3 aromatic rings. The molecule has 0 spiro atoms. The number of anilines is 2. The minimum atomic E-state index is -1.04. The van der Waals surface area contributed by atoms with E-state index in [1.165, 1.54) is 24.3 Å². The SMILES string of the molecule is O=C(c1cccc([N+](=O)[O-])c1)C1C2C(=O)N(c3ccc4c(c3)OCCO4)C(=O)C2C2C=Cc3ccccc3N21. The molecule has 4 aliphatic rings. The van der Waals surface area contributed by atoms with Gasteiger partial charge in [-0.25, -0.2) is 4.90 Å². The van der Waals surface area contributed by atoms with E-state index in [1.807, 2.05) is 41.3 Å². The van der Waals surface area contributed by atoms with Gasteiger partial charge in [-0.2, -0.15) is 0 Å². The fourth-order valence-corrected chi connectivity index (χ4v) is 6.18. The summed E-state index contributed by atoms with van der Waals surface area (Å²) in [5, 5.41) is 11.4. The predicted molar refractivity (Wildman–Crippen MR) is 140 cm³/mol. The summed E-state index contributed by atoms with van der Waals surface area (Å²) in [6.45, 7) is 0.759. The van der Waals surface area contributed by atoms with Crippen molar-refractivity contribution in [3.8, 4) is 11.5 Å². The molecule has 2 amide bonds. The van der Waals surface area contributed by atoms with Crippen molar-refractivity contribution in [2.45, 2.75) is 12.1 Å². The normalized spacial score (nSPS) is 24.3. The maximum Gasteiger partial charge on any atom is 0.270 e. The number of amides is 2. The maximum absolute atomic E-state index is 14.1. The zero-order chi connectivity index (χ0) is 26.8. The molecule has 0 aliphatic carbocycles. The number of nitro groups is 1. The van der Waals surface area contributed by atoms with Gasteiger partial charge in [0.2, 0.25) is 11.8 Å². The number of ketones is 1. The largest absolute Gasteiger partial charge is 0.486 e. The fraction of sp³-hybridized carbons (Fsp3) is 0.207. The number of fused-ring (bicyclic) bond motifs is 6. The van der Waals surface area contributed by atoms with Gasteiger partial charge in [-0.05, 0) is 23.8 Å². The number of benzene rings is 3. The highest BCUT2D eigenvalue weighted by molar-refractivity contribution is 6.25. The summed E-state index contributed by atoms with van der Waals surface area (Å²) in [6.07, 6.45) is 3.76. The third-order valence-corrected chi connectivity index (χ3v) is 7.81. The van der Waals surface area contributed by atoms with Gasteiger partial charge in [0.1, 0.15) is 19.3 Å². The first-order chi connectivity index (χ1) is 18.9. The Balaban J connectivity index is 1.34. The molecule has 4 unspecified atom stereocenters. The number of non-ortho nitro benzene ring substituents is 1. The Morgan fingerprint density at radius 2 is 1.67 bits per heavy atom. The van der Waals surface area contributed by atoms with Crippen LogP contribution in [0.5, 0.6) is 11.5 Å². The molecule has 7 rings (SSSR count). The number of para-hydroxylation sites is 1. The van der Waals surface area contributed by atoms with E-state index in [0.717, 1.165) is 16.2 Å². The molecule has 0 bridgehead atoms. The molecule has 4 heterocycles. The summed E-state index contributed by atoms with van der Waals surface area (Å²) >= 11 is 0. The Labute approximate surface area is 222 Å². The molecule has 0 saturated carbocycles. The van der Waals surface area contributed by atoms with Gasteiger partial charge in [-0.1, -0.05) is 42.5 Å². The average Bonchev–Trinajstić information content (AvgIpc) is 3.44. The van der Waals surface area contributed by atoms with Gasteiger partial charge in [0.25, 0.3) is 5.69 Å². The zero-order valence-electron chi connectivity index (χ0n) is 20.4. The van der Waals surface area contributed by atoms with Crippen molar-refractivity contribution in [3.05, 3.63) is 94.0 Å². The molecule has 2 saturated heterocycles. The standard InChI is InChI=1S/C29H21N3O7/c33-27(17-5-3-6-19(14-17)32(36)37)26-25-24(21-10-8-16-4-1-2-7-20(16)31(21)26)28(34)30(29(25)35)18-9-11-22-23(15-18)39-13-12-38-22/h1-11,14-15,21,24-26H,12-13H2. The average molecular weight is 524 g/mol. The lowest BCUT2D eigenvalue weighted by molar-refractivity contribution is -0.384. The van der Waals surface area contributed by atoms with Crippen LogP contribution in [0, 0.1) is 22.0 Å². The molecule has 10 heteroatoms. The van der Waals surface area contributed by atoms with Gasteiger partial charge >= 0.3 is 0 Å². The first-order valence-corrected chi connectivity index (χ1v) is 12.6. The number of ether oxygens (including phenoxy) is 2. The van der Waals surface area contributed by atoms with Crippen LogP contribution in [-0.2, 0) is 9.59 Å². The number of hydrogen-bond donors (Lipinski definition) is 0. The number of imide groups is 1. The summed E-state index contributed by atoms with van der Waals surface area (Å²) in [6, 6.07) is 16.3. The molecular formula is C29H21N3O7. The summed E-state index contributed by atoms with van der Waals surface area (Å²) in [4.78, 5) is 55.9. The van der Waals surface area contributed by atoms with Gasteiger partial charge in [-0.15, -0.1) is 0 Å². The molecular weight excluding hydrogens is 502 g/mol. The van der Waals surface area contributed by atoms with Gasteiger partial charge in [0, 0.05) is 29.4 Å². The lowest BCUT2D eigenvalue weighted by Crippen LogP contribution is -2.48. The number of nitro benzene ring substituents is 1. The van der Waals surface area contributed by atoms with Crippen LogP contribution in [0.4, 0.5) is 17.1 Å². The maximum atomic E-state index is 14.1. The highest BCUT2D eigenvalue weighted by atomic mass is 16.6. The minimum Gasteiger partial charge on any atom is -0.486 e. The van der Waals surface area contributed by atoms with Crippen LogP contribution >= 0.6 is 0 Å². The highest BCUT2D eigenvalue weighted by Gasteiger charge is 2.64. The highest BCUT2D eigenvalue weighted by Crippen LogP contribution is 2.50. The van der Waals surface area contributed by atoms with Crippen molar-refractivity contribution in [3.63, 3.8) is 0 Å². The van der Waals surface area contributed by atoms with Crippen LogP contribution in [0.3, 0.4) is 0 Å². The smallest absolute Gasteiger partial charge is 0.270 e. The number of nitrogens with zero attached hydrogens (tertiary/aromatic N) is 3. The third kappa shape index (κ3) is 3.37. The molecule has 0 radical (unpaired) electrons. The lowest BCUT2D eigenvalue weighted by atomic mass is 9.86. The second-order valence-corrected chi connectivity index (χ2v) is 9.82. The molecule has 10 nitrogen and oxygen atoms in total. The Bertz CT molecular complexity index is 1620. The molecule has 194 valence electrons. The molecule has 39 heavy (non-hydrogen) atoms. The van der Waals surface area contributed by atoms with Crippen molar-refractivity contribution >= 4 is 40.7 Å². The molecule has 2 fully saturated rings. The van der Waals surface area contributed by atoms with Crippen LogP contribution in [0.15, 0.2) is 72.8 Å². The van der Waals surface area contributed by atoms with Gasteiger partial charge in [0.05, 0.1) is 28.5 Å². The van der Waals surface area contributed by atoms with E-state index in [2.05, 4.69) is 0 Å². The van der Waals surface area contributed by atoms with Gasteiger partial charge < -0.3 is 14.4 Å². The zero-order valence-corrected chi connectivity index (χ0v) is 20.4. The topological polar surface area (TPSA) is 119 Å². The fourth-order valence-electron chi connectivity index (χ4n) is 6.18. The molecule has 3 aromatic carbocycles. The summed E-state index contributed by atoms with van der Waals surface area (Å²) < 4.78 is 11.2. The van der Waals surface area contributed by atoms with Gasteiger partial charge in [-0.3, -0.25) is 24.5 Å². The molecule has 4 atom stereocenters. The van der Waals surface area contributed by atoms with Crippen LogP contribution in [-0.4, -0.2) is 47.8 Å². The predicted octanol–water partition coefficient (Wildman–Crippen LogP) is 3.64. The number of rotatable bonds is 4. The Hall–Kier alpha value is -4.99. The number of carbonyl (C=O) groups is 3. The van der Waals surface area contributed by atoms with Crippen molar-refractivity contribution in [1.82, 2.24) is 0 Å². The minimum absolute atomic E-state index is 0.110. The quantitative estimate of drug-likeness (QED) is 0.220. The van der Waals surface area contributed by atoms with Crippen LogP contribution in [0.1, 0.15) is 15.9 Å². The van der Waals surface area contributed by atoms with Crippen LogP contribution in [0.2, 0.25) is 0 Å². The summed E-state index contributed by atoms with van der Waals surface area (Å²) in [5.74, 6) is -2.19. The van der Waals surface area contributed by atoms with Crippen molar-refractivity contribution in [1.29, 1.82) is 0 Å². The Kier molecular flexibility index (Phi) is 5.06. The second-order valence-electron chi connectivity index (χ2n) is 9.82. The second kappa shape index (κ2) is 8.52. The van der Waals surface area contributed by atoms with E-state index < -0.39 is 46.4 Å². The first kappa shape index (κ1) is 23.2. The van der Waals surface area contributed by atoms with E-state index >= 15 is 0 Å². The van der Waals surface area contributed by atoms with Crippen LogP contribution in [0.25, 0.3) is 6.08 Å². The van der Waals surface area contributed by atoms with Crippen molar-refractivity contribution in [2.24, 2.45) is 11.8 Å². The molecule has 0 N–H and O–H groups in total. The summed E-state index contributed by atoms with van der Waals surface area (Å²) in [5.41, 5.74) is 1.82. The van der Waals surface area contributed by atoms with Crippen molar-refractivity contribution in [2.75, 3.05) is 23.0 Å². The lowest BCUT2D eigenvalue weighted by Gasteiger charge is -2.36. The van der Waals surface area contributed by atoms with E-state index in [-0.39, 0.29) is 11.3 Å². The van der Waals surface area contributed by atoms with E-state index in [0.29, 0.717) is 30.4 Å². The van der Waals surface area contributed by atoms with Crippen LogP contribution < -0.4 is 19.3 Å². The van der Waals surface area contributed by atoms with E-state index in [4.69, 9.17) is 9.47 Å². The van der Waals surface area contributed by atoms with E-state index in [9.17, 15) is 24.5 Å². The third-order valence-electron chi connectivity index (χ3n) is 7.81. The number of carbonyl (C=O) groups excluding carboxylic acids is 3. The number of hydrogen-bond acceptors (Lipinski definition) is 8. The Morgan fingerprint density at radius 3 is 2.49 bits per heavy atom. The first-order valence-electron chi connectivity index (χ1n) is 12.6. The monoisotopic (exact) mass is 523 g/mol.